The molecule has 1 aliphatic heterocycles. The third kappa shape index (κ3) is 4.87. The maximum Gasteiger partial charge on any atom is 0.289 e. The van der Waals surface area contributed by atoms with E-state index in [-0.39, 0.29) is 11.7 Å². The number of likely N-dealkylation sites (tertiary alicyclic amines) is 1. The number of nitrogens with one attached hydrogen (secondary N) is 1. The van der Waals surface area contributed by atoms with Crippen LogP contribution in [-0.2, 0) is 4.74 Å². The molecule has 1 aliphatic rings. The Morgan fingerprint density at radius 3 is 3.16 bits per heavy atom. The van der Waals surface area contributed by atoms with Gasteiger partial charge in [0.1, 0.15) is 5.69 Å². The molecule has 1 atom stereocenters. The summed E-state index contributed by atoms with van der Waals surface area (Å²) in [6.07, 6.45) is 3.82. The van der Waals surface area contributed by atoms with Crippen molar-refractivity contribution in [3.05, 3.63) is 36.2 Å². The minimum Gasteiger partial charge on any atom is -0.383 e. The molecule has 1 N–H and O–H groups in total. The second-order valence-electron chi connectivity index (χ2n) is 6.28. The van der Waals surface area contributed by atoms with Crippen molar-refractivity contribution in [2.45, 2.75) is 12.8 Å². The van der Waals surface area contributed by atoms with E-state index in [9.17, 15) is 4.79 Å². The quantitative estimate of drug-likeness (QED) is 0.787. The summed E-state index contributed by atoms with van der Waals surface area (Å²) in [7, 11) is 1.73. The zero-order valence-corrected chi connectivity index (χ0v) is 14.5. The van der Waals surface area contributed by atoms with Gasteiger partial charge in [0.05, 0.1) is 12.3 Å². The second kappa shape index (κ2) is 8.73. The number of rotatable bonds is 8. The highest BCUT2D eigenvalue weighted by Gasteiger charge is 2.22. The highest BCUT2D eigenvalue weighted by atomic mass is 16.5. The van der Waals surface area contributed by atoms with Crippen LogP contribution in [0.5, 0.6) is 0 Å². The van der Waals surface area contributed by atoms with Gasteiger partial charge >= 0.3 is 0 Å². The molecule has 0 bridgehead atoms. The summed E-state index contributed by atoms with van der Waals surface area (Å²) in [6, 6.07) is 7.15. The van der Waals surface area contributed by atoms with Gasteiger partial charge < -0.3 is 19.5 Å². The lowest BCUT2D eigenvalue weighted by Crippen LogP contribution is -2.27. The molecule has 0 spiro atoms. The number of hydrogen-bond acceptors (Lipinski definition) is 6. The van der Waals surface area contributed by atoms with Gasteiger partial charge in [-0.15, -0.1) is 0 Å². The molecular formula is C18H24N4O3. The number of nitrogens with zero attached hydrogens (tertiary/aromatic N) is 3. The Morgan fingerprint density at radius 1 is 1.44 bits per heavy atom. The van der Waals surface area contributed by atoms with E-state index in [0.717, 1.165) is 32.7 Å². The molecule has 3 heterocycles. The van der Waals surface area contributed by atoms with Crippen LogP contribution in [0.1, 0.15) is 23.4 Å². The van der Waals surface area contributed by atoms with Gasteiger partial charge in [0, 0.05) is 39.0 Å². The molecule has 25 heavy (non-hydrogen) atoms. The van der Waals surface area contributed by atoms with Crippen LogP contribution in [0, 0.1) is 5.92 Å². The molecule has 3 rings (SSSR count). The lowest BCUT2D eigenvalue weighted by Gasteiger charge is -2.15. The first-order chi connectivity index (χ1) is 12.3. The van der Waals surface area contributed by atoms with Crippen LogP contribution in [0.15, 0.2) is 35.0 Å². The average Bonchev–Trinajstić information content (AvgIpc) is 3.30. The average molecular weight is 344 g/mol. The lowest BCUT2D eigenvalue weighted by molar-refractivity contribution is 0.0914. The summed E-state index contributed by atoms with van der Waals surface area (Å²) in [6.45, 7) is 4.57. The first-order valence-electron chi connectivity index (χ1n) is 8.64. The third-order valence-corrected chi connectivity index (χ3v) is 4.48. The molecular weight excluding hydrogens is 320 g/mol. The van der Waals surface area contributed by atoms with Crippen LogP contribution in [0.2, 0.25) is 0 Å². The predicted molar refractivity (Wildman–Crippen MR) is 93.1 cm³/mol. The minimum absolute atomic E-state index is 0.216. The summed E-state index contributed by atoms with van der Waals surface area (Å²) in [5, 5.41) is 6.83. The second-order valence-corrected chi connectivity index (χ2v) is 6.28. The zero-order valence-electron chi connectivity index (χ0n) is 14.5. The first-order valence-corrected chi connectivity index (χ1v) is 8.64. The molecule has 2 aromatic rings. The van der Waals surface area contributed by atoms with Crippen LogP contribution in [0.4, 0.5) is 0 Å². The molecule has 1 saturated heterocycles. The molecule has 2 aromatic heterocycles. The molecule has 1 amide bonds. The van der Waals surface area contributed by atoms with Gasteiger partial charge in [0.25, 0.3) is 5.91 Å². The monoisotopic (exact) mass is 344 g/mol. The van der Waals surface area contributed by atoms with Crippen molar-refractivity contribution in [2.24, 2.45) is 5.92 Å². The smallest absolute Gasteiger partial charge is 0.289 e. The fourth-order valence-electron chi connectivity index (χ4n) is 3.07. The van der Waals surface area contributed by atoms with Crippen LogP contribution in [0.25, 0.3) is 11.4 Å². The van der Waals surface area contributed by atoms with Crippen molar-refractivity contribution in [2.75, 3.05) is 39.9 Å². The van der Waals surface area contributed by atoms with Crippen molar-refractivity contribution in [3.63, 3.8) is 0 Å². The van der Waals surface area contributed by atoms with Gasteiger partial charge in [-0.2, -0.15) is 0 Å². The summed E-state index contributed by atoms with van der Waals surface area (Å²) in [5.74, 6) is 0.605. The fraction of sp³-hybridized carbons (Fsp3) is 0.500. The number of hydrogen-bond donors (Lipinski definition) is 1. The Morgan fingerprint density at radius 2 is 2.36 bits per heavy atom. The number of carbonyl (C=O) groups is 1. The Labute approximate surface area is 147 Å². The van der Waals surface area contributed by atoms with E-state index in [1.807, 2.05) is 18.2 Å². The summed E-state index contributed by atoms with van der Waals surface area (Å²) < 4.78 is 10.3. The standard InChI is InChI=1S/C18H24N4O3/c1-24-11-10-22-9-6-14(13-22)5-8-20-18(23)17-12-16(21-25-17)15-4-2-3-7-19-15/h2-4,7,12,14H,5-6,8-11,13H2,1H3,(H,20,23). The van der Waals surface area contributed by atoms with Crippen LogP contribution >= 0.6 is 0 Å². The largest absolute Gasteiger partial charge is 0.383 e. The van der Waals surface area contributed by atoms with E-state index in [1.165, 1.54) is 6.42 Å². The number of carbonyl (C=O) groups excluding carboxylic acids is 1. The number of ether oxygens (including phenoxy) is 1. The first kappa shape index (κ1) is 17.6. The number of aromatic nitrogens is 2. The number of pyridine rings is 1. The normalized spacial score (nSPS) is 17.7. The molecule has 7 heteroatoms. The van der Waals surface area contributed by atoms with Crippen molar-refractivity contribution in [3.8, 4) is 11.4 Å². The minimum atomic E-state index is -0.232. The highest BCUT2D eigenvalue weighted by Crippen LogP contribution is 2.19. The van der Waals surface area contributed by atoms with Gasteiger partial charge in [-0.3, -0.25) is 9.78 Å². The maximum absolute atomic E-state index is 12.2. The highest BCUT2D eigenvalue weighted by molar-refractivity contribution is 5.92. The molecule has 1 unspecified atom stereocenters. The Balaban J connectivity index is 1.42. The summed E-state index contributed by atoms with van der Waals surface area (Å²) >= 11 is 0. The van der Waals surface area contributed by atoms with Gasteiger partial charge in [-0.1, -0.05) is 11.2 Å². The van der Waals surface area contributed by atoms with E-state index < -0.39 is 0 Å². The van der Waals surface area contributed by atoms with Gasteiger partial charge in [0.15, 0.2) is 0 Å². The summed E-state index contributed by atoms with van der Waals surface area (Å²) in [4.78, 5) is 18.8. The molecule has 7 nitrogen and oxygen atoms in total. The molecule has 0 radical (unpaired) electrons. The van der Waals surface area contributed by atoms with Crippen LogP contribution in [-0.4, -0.2) is 60.8 Å². The van der Waals surface area contributed by atoms with Crippen LogP contribution in [0.3, 0.4) is 0 Å². The van der Waals surface area contributed by atoms with E-state index in [2.05, 4.69) is 20.4 Å². The van der Waals surface area contributed by atoms with Gasteiger partial charge in [-0.05, 0) is 37.4 Å². The fourth-order valence-corrected chi connectivity index (χ4v) is 3.07. The van der Waals surface area contributed by atoms with E-state index in [1.54, 1.807) is 19.4 Å². The predicted octanol–water partition coefficient (Wildman–Crippen LogP) is 1.82. The van der Waals surface area contributed by atoms with Crippen molar-refractivity contribution >= 4 is 5.91 Å². The zero-order chi connectivity index (χ0) is 17.5. The topological polar surface area (TPSA) is 80.5 Å². The number of amides is 1. The van der Waals surface area contributed by atoms with Crippen molar-refractivity contribution in [1.82, 2.24) is 20.4 Å². The molecule has 1 fully saturated rings. The van der Waals surface area contributed by atoms with Gasteiger partial charge in [-0.25, -0.2) is 0 Å². The summed E-state index contributed by atoms with van der Waals surface area (Å²) in [5.41, 5.74) is 1.25. The third-order valence-electron chi connectivity index (χ3n) is 4.48. The maximum atomic E-state index is 12.2. The Kier molecular flexibility index (Phi) is 6.14. The van der Waals surface area contributed by atoms with Crippen molar-refractivity contribution < 1.29 is 14.1 Å². The Bertz CT molecular complexity index is 674. The van der Waals surface area contributed by atoms with Crippen molar-refractivity contribution in [1.29, 1.82) is 0 Å². The van der Waals surface area contributed by atoms with E-state index >= 15 is 0 Å². The SMILES string of the molecule is COCCN1CCC(CCNC(=O)c2cc(-c3ccccn3)no2)C1. The molecule has 134 valence electrons. The Hall–Kier alpha value is -2.25. The molecule has 0 aromatic carbocycles. The van der Waals surface area contributed by atoms with Crippen LogP contribution < -0.4 is 5.32 Å². The van der Waals surface area contributed by atoms with Gasteiger partial charge in [0.2, 0.25) is 5.76 Å². The van der Waals surface area contributed by atoms with E-state index in [0.29, 0.717) is 23.9 Å². The van der Waals surface area contributed by atoms with E-state index in [4.69, 9.17) is 9.26 Å². The molecule has 0 aliphatic carbocycles. The lowest BCUT2D eigenvalue weighted by atomic mass is 10.1. The molecule has 0 saturated carbocycles. The number of methoxy groups -OCH3 is 1.